The van der Waals surface area contributed by atoms with Crippen molar-refractivity contribution in [1.29, 1.82) is 0 Å². The van der Waals surface area contributed by atoms with Crippen molar-refractivity contribution in [3.63, 3.8) is 0 Å². The first-order valence-corrected chi connectivity index (χ1v) is 4.93. The molecule has 0 bridgehead atoms. The van der Waals surface area contributed by atoms with Crippen LogP contribution in [0, 0.1) is 5.41 Å². The van der Waals surface area contributed by atoms with Gasteiger partial charge in [-0.05, 0) is 6.42 Å². The SMILES string of the molecule is CCc1nn(C)cc1C(=O)C(C)(C)C. The van der Waals surface area contributed by atoms with Crippen LogP contribution in [0.25, 0.3) is 0 Å². The number of ketones is 1. The molecule has 0 aliphatic carbocycles. The van der Waals surface area contributed by atoms with E-state index in [0.717, 1.165) is 17.7 Å². The zero-order valence-electron chi connectivity index (χ0n) is 9.59. The number of nitrogens with zero attached hydrogens (tertiary/aromatic N) is 2. The minimum atomic E-state index is -0.326. The first-order valence-electron chi connectivity index (χ1n) is 4.93. The molecule has 0 N–H and O–H groups in total. The predicted molar refractivity (Wildman–Crippen MR) is 56.4 cm³/mol. The zero-order valence-corrected chi connectivity index (χ0v) is 9.59. The van der Waals surface area contributed by atoms with Gasteiger partial charge < -0.3 is 0 Å². The third kappa shape index (κ3) is 2.03. The average molecular weight is 194 g/mol. The molecule has 0 aliphatic rings. The number of hydrogen-bond donors (Lipinski definition) is 0. The second-order valence-corrected chi connectivity index (χ2v) is 4.60. The van der Waals surface area contributed by atoms with Crippen LogP contribution in [0.5, 0.6) is 0 Å². The normalized spacial score (nSPS) is 11.8. The summed E-state index contributed by atoms with van der Waals surface area (Å²) in [6, 6.07) is 0. The van der Waals surface area contributed by atoms with Gasteiger partial charge in [-0.15, -0.1) is 0 Å². The fourth-order valence-electron chi connectivity index (χ4n) is 1.39. The fraction of sp³-hybridized carbons (Fsp3) is 0.636. The maximum Gasteiger partial charge on any atom is 0.171 e. The highest BCUT2D eigenvalue weighted by Gasteiger charge is 2.26. The third-order valence-corrected chi connectivity index (χ3v) is 2.17. The van der Waals surface area contributed by atoms with Crippen molar-refractivity contribution >= 4 is 5.78 Å². The number of aryl methyl sites for hydroxylation is 2. The first kappa shape index (κ1) is 11.0. The summed E-state index contributed by atoms with van der Waals surface area (Å²) in [5.74, 6) is 0.169. The number of carbonyl (C=O) groups is 1. The quantitative estimate of drug-likeness (QED) is 0.676. The number of carbonyl (C=O) groups excluding carboxylic acids is 1. The maximum atomic E-state index is 12.0. The molecule has 3 nitrogen and oxygen atoms in total. The van der Waals surface area contributed by atoms with E-state index in [1.54, 1.807) is 4.68 Å². The van der Waals surface area contributed by atoms with E-state index in [2.05, 4.69) is 5.10 Å². The summed E-state index contributed by atoms with van der Waals surface area (Å²) in [4.78, 5) is 12.0. The van der Waals surface area contributed by atoms with Crippen molar-refractivity contribution in [1.82, 2.24) is 9.78 Å². The molecule has 0 amide bonds. The van der Waals surface area contributed by atoms with Crippen LogP contribution < -0.4 is 0 Å². The van der Waals surface area contributed by atoms with Gasteiger partial charge in [-0.25, -0.2) is 0 Å². The Balaban J connectivity index is 3.12. The highest BCUT2D eigenvalue weighted by atomic mass is 16.1. The lowest BCUT2D eigenvalue weighted by atomic mass is 9.86. The van der Waals surface area contributed by atoms with Crippen LogP contribution in [0.1, 0.15) is 43.7 Å². The smallest absolute Gasteiger partial charge is 0.171 e. The van der Waals surface area contributed by atoms with Crippen LogP contribution in [0.15, 0.2) is 6.20 Å². The Kier molecular flexibility index (Phi) is 2.79. The molecule has 0 aliphatic heterocycles. The van der Waals surface area contributed by atoms with Crippen molar-refractivity contribution in [3.05, 3.63) is 17.5 Å². The van der Waals surface area contributed by atoms with Crippen LogP contribution in [-0.4, -0.2) is 15.6 Å². The first-order chi connectivity index (χ1) is 6.36. The summed E-state index contributed by atoms with van der Waals surface area (Å²) < 4.78 is 1.71. The van der Waals surface area contributed by atoms with E-state index < -0.39 is 0 Å². The Hall–Kier alpha value is -1.12. The van der Waals surface area contributed by atoms with Gasteiger partial charge in [-0.3, -0.25) is 9.48 Å². The van der Waals surface area contributed by atoms with E-state index in [4.69, 9.17) is 0 Å². The Morgan fingerprint density at radius 2 is 2.07 bits per heavy atom. The molecule has 0 saturated heterocycles. The van der Waals surface area contributed by atoms with Gasteiger partial charge in [0.05, 0.1) is 11.3 Å². The van der Waals surface area contributed by atoms with E-state index in [-0.39, 0.29) is 11.2 Å². The molecule has 14 heavy (non-hydrogen) atoms. The van der Waals surface area contributed by atoms with E-state index in [0.29, 0.717) is 0 Å². The Labute approximate surface area is 85.1 Å². The molecule has 0 unspecified atom stereocenters. The van der Waals surface area contributed by atoms with Gasteiger partial charge in [0, 0.05) is 18.7 Å². The minimum Gasteiger partial charge on any atom is -0.293 e. The van der Waals surface area contributed by atoms with E-state index >= 15 is 0 Å². The second-order valence-electron chi connectivity index (χ2n) is 4.60. The van der Waals surface area contributed by atoms with Crippen LogP contribution in [0.4, 0.5) is 0 Å². The largest absolute Gasteiger partial charge is 0.293 e. The van der Waals surface area contributed by atoms with Crippen molar-refractivity contribution in [2.75, 3.05) is 0 Å². The van der Waals surface area contributed by atoms with Gasteiger partial charge >= 0.3 is 0 Å². The summed E-state index contributed by atoms with van der Waals surface area (Å²) in [6.07, 6.45) is 2.62. The molecule has 1 aromatic rings. The van der Waals surface area contributed by atoms with Crippen molar-refractivity contribution < 1.29 is 4.79 Å². The van der Waals surface area contributed by atoms with Crippen LogP contribution in [-0.2, 0) is 13.5 Å². The van der Waals surface area contributed by atoms with E-state index in [9.17, 15) is 4.79 Å². The number of hydrogen-bond acceptors (Lipinski definition) is 2. The summed E-state index contributed by atoms with van der Waals surface area (Å²) in [7, 11) is 1.85. The summed E-state index contributed by atoms with van der Waals surface area (Å²) in [5.41, 5.74) is 1.34. The molecule has 1 rings (SSSR count). The molecule has 0 atom stereocenters. The Morgan fingerprint density at radius 1 is 1.50 bits per heavy atom. The lowest BCUT2D eigenvalue weighted by Gasteiger charge is -2.15. The standard InChI is InChI=1S/C11H18N2O/c1-6-9-8(7-13(5)12-9)10(14)11(2,3)4/h7H,6H2,1-5H3. The topological polar surface area (TPSA) is 34.9 Å². The van der Waals surface area contributed by atoms with Gasteiger partial charge in [0.15, 0.2) is 5.78 Å². The highest BCUT2D eigenvalue weighted by Crippen LogP contribution is 2.22. The molecule has 1 heterocycles. The number of rotatable bonds is 2. The Bertz CT molecular complexity index is 345. The fourth-order valence-corrected chi connectivity index (χ4v) is 1.39. The molecular formula is C11H18N2O. The van der Waals surface area contributed by atoms with Crippen LogP contribution in [0.3, 0.4) is 0 Å². The monoisotopic (exact) mass is 194 g/mol. The van der Waals surface area contributed by atoms with Gasteiger partial charge in [-0.1, -0.05) is 27.7 Å². The van der Waals surface area contributed by atoms with Crippen LogP contribution in [0.2, 0.25) is 0 Å². The zero-order chi connectivity index (χ0) is 10.9. The molecule has 0 fully saturated rings. The van der Waals surface area contributed by atoms with Gasteiger partial charge in [-0.2, -0.15) is 5.10 Å². The van der Waals surface area contributed by atoms with Crippen molar-refractivity contribution in [3.8, 4) is 0 Å². The molecule has 1 aromatic heterocycles. The molecule has 3 heteroatoms. The molecule has 78 valence electrons. The van der Waals surface area contributed by atoms with Crippen LogP contribution >= 0.6 is 0 Å². The van der Waals surface area contributed by atoms with Gasteiger partial charge in [0.25, 0.3) is 0 Å². The molecule has 0 radical (unpaired) electrons. The van der Waals surface area contributed by atoms with Crippen molar-refractivity contribution in [2.45, 2.75) is 34.1 Å². The number of aromatic nitrogens is 2. The molecule has 0 saturated carbocycles. The maximum absolute atomic E-state index is 12.0. The summed E-state index contributed by atoms with van der Waals surface area (Å²) >= 11 is 0. The van der Waals surface area contributed by atoms with Crippen molar-refractivity contribution in [2.24, 2.45) is 12.5 Å². The lowest BCUT2D eigenvalue weighted by Crippen LogP contribution is -2.20. The van der Waals surface area contributed by atoms with Gasteiger partial charge in [0.2, 0.25) is 0 Å². The third-order valence-electron chi connectivity index (χ3n) is 2.17. The lowest BCUT2D eigenvalue weighted by molar-refractivity contribution is 0.0857. The molecular weight excluding hydrogens is 176 g/mol. The Morgan fingerprint density at radius 3 is 2.50 bits per heavy atom. The molecule has 0 spiro atoms. The molecule has 0 aromatic carbocycles. The predicted octanol–water partition coefficient (Wildman–Crippen LogP) is 2.21. The highest BCUT2D eigenvalue weighted by molar-refractivity contribution is 6.00. The second kappa shape index (κ2) is 3.56. The summed E-state index contributed by atoms with van der Waals surface area (Å²) in [6.45, 7) is 7.81. The average Bonchev–Trinajstić information content (AvgIpc) is 2.43. The van der Waals surface area contributed by atoms with E-state index in [1.807, 2.05) is 40.9 Å². The van der Waals surface area contributed by atoms with Gasteiger partial charge in [0.1, 0.15) is 0 Å². The number of Topliss-reactive ketones (excluding diaryl/α,β-unsaturated/α-hetero) is 1. The minimum absolute atomic E-state index is 0.169. The van der Waals surface area contributed by atoms with E-state index in [1.165, 1.54) is 0 Å². The summed E-state index contributed by atoms with van der Waals surface area (Å²) in [5, 5.41) is 4.26.